The number of halogens is 1. The minimum Gasteiger partial charge on any atom is -0.505 e. The molecule has 1 aromatic carbocycles. The molecule has 0 fully saturated rings. The average molecular weight is 181 g/mol. The minimum absolute atomic E-state index is 0.0491. The van der Waals surface area contributed by atoms with E-state index in [-0.39, 0.29) is 12.1 Å². The van der Waals surface area contributed by atoms with E-state index in [0.29, 0.717) is 5.56 Å². The third-order valence-electron chi connectivity index (χ3n) is 1.71. The molecule has 1 aromatic rings. The summed E-state index contributed by atoms with van der Waals surface area (Å²) in [6, 6.07) is 3.04. The molecule has 1 N–H and O–H groups in total. The van der Waals surface area contributed by atoms with Gasteiger partial charge in [0.1, 0.15) is 0 Å². The second kappa shape index (κ2) is 3.83. The summed E-state index contributed by atoms with van der Waals surface area (Å²) < 4.78 is 13.0. The summed E-state index contributed by atoms with van der Waals surface area (Å²) in [6.07, 6.45) is 1.32. The molecule has 0 saturated heterocycles. The first-order chi connectivity index (χ1) is 6.16. The summed E-state index contributed by atoms with van der Waals surface area (Å²) >= 11 is 0. The van der Waals surface area contributed by atoms with Gasteiger partial charge < -0.3 is 5.11 Å². The predicted octanol–water partition coefficient (Wildman–Crippen LogP) is 1.68. The highest BCUT2D eigenvalue weighted by atomic mass is 19.1. The Morgan fingerprint density at radius 1 is 1.62 bits per heavy atom. The van der Waals surface area contributed by atoms with Crippen LogP contribution in [0.4, 0.5) is 4.39 Å². The molecule has 0 aliphatic heterocycles. The fourth-order valence-electron chi connectivity index (χ4n) is 0.950. The topological polar surface area (TPSA) is 49.7 Å². The fourth-order valence-corrected chi connectivity index (χ4v) is 0.950. The first kappa shape index (κ1) is 9.42. The number of benzene rings is 1. The van der Waals surface area contributed by atoms with Gasteiger partial charge in [-0.1, -0.05) is 12.1 Å². The molecule has 0 saturated carbocycles. The van der Waals surface area contributed by atoms with Crippen LogP contribution in [0.3, 0.4) is 0 Å². The van der Waals surface area contributed by atoms with E-state index in [2.05, 4.69) is 4.99 Å². The minimum atomic E-state index is -0.668. The van der Waals surface area contributed by atoms with Crippen molar-refractivity contribution in [2.45, 2.75) is 13.5 Å². The Kier molecular flexibility index (Phi) is 2.77. The van der Waals surface area contributed by atoms with Crippen LogP contribution in [-0.2, 0) is 11.3 Å². The Morgan fingerprint density at radius 3 is 2.92 bits per heavy atom. The number of rotatable bonds is 2. The van der Waals surface area contributed by atoms with Crippen molar-refractivity contribution >= 4 is 6.08 Å². The maximum absolute atomic E-state index is 13.0. The number of hydrogen-bond acceptors (Lipinski definition) is 3. The van der Waals surface area contributed by atoms with E-state index in [0.717, 1.165) is 0 Å². The monoisotopic (exact) mass is 181 g/mol. The molecule has 0 amide bonds. The van der Waals surface area contributed by atoms with E-state index in [9.17, 15) is 14.3 Å². The normalized spacial score (nSPS) is 9.38. The van der Waals surface area contributed by atoms with E-state index in [4.69, 9.17) is 0 Å². The number of aromatic hydroxyl groups is 1. The molecule has 0 bridgehead atoms. The Labute approximate surface area is 74.5 Å². The number of carbonyl (C=O) groups excluding carboxylic acids is 1. The van der Waals surface area contributed by atoms with Crippen molar-refractivity contribution in [3.8, 4) is 5.75 Å². The van der Waals surface area contributed by atoms with Crippen molar-refractivity contribution in [3.05, 3.63) is 29.1 Å². The maximum atomic E-state index is 13.0. The molecule has 0 aliphatic carbocycles. The van der Waals surface area contributed by atoms with Gasteiger partial charge in [-0.25, -0.2) is 14.2 Å². The van der Waals surface area contributed by atoms with Crippen LogP contribution in [0.1, 0.15) is 11.1 Å². The van der Waals surface area contributed by atoms with Gasteiger partial charge in [-0.3, -0.25) is 0 Å². The zero-order chi connectivity index (χ0) is 9.84. The van der Waals surface area contributed by atoms with E-state index >= 15 is 0 Å². The van der Waals surface area contributed by atoms with Crippen LogP contribution in [0.25, 0.3) is 0 Å². The molecule has 0 aliphatic rings. The van der Waals surface area contributed by atoms with E-state index in [1.165, 1.54) is 18.2 Å². The van der Waals surface area contributed by atoms with E-state index < -0.39 is 11.6 Å². The molecule has 0 radical (unpaired) electrons. The van der Waals surface area contributed by atoms with Crippen LogP contribution >= 0.6 is 0 Å². The van der Waals surface area contributed by atoms with Crippen LogP contribution in [0.15, 0.2) is 17.1 Å². The van der Waals surface area contributed by atoms with Crippen molar-refractivity contribution < 1.29 is 14.3 Å². The van der Waals surface area contributed by atoms with Gasteiger partial charge in [-0.2, -0.15) is 0 Å². The lowest BCUT2D eigenvalue weighted by Crippen LogP contribution is -1.89. The van der Waals surface area contributed by atoms with Gasteiger partial charge in [0, 0.05) is 5.56 Å². The summed E-state index contributed by atoms with van der Waals surface area (Å²) in [5, 5.41) is 9.24. The van der Waals surface area contributed by atoms with Crippen LogP contribution in [0, 0.1) is 12.7 Å². The Hall–Kier alpha value is -1.67. The number of isocyanates is 1. The molecule has 0 spiro atoms. The Balaban J connectivity index is 3.10. The molecule has 3 nitrogen and oxygen atoms in total. The average Bonchev–Trinajstić information content (AvgIpc) is 2.13. The zero-order valence-corrected chi connectivity index (χ0v) is 7.04. The smallest absolute Gasteiger partial charge is 0.235 e. The van der Waals surface area contributed by atoms with Crippen molar-refractivity contribution in [2.24, 2.45) is 4.99 Å². The highest BCUT2D eigenvalue weighted by Crippen LogP contribution is 2.24. The molecule has 4 heteroatoms. The number of nitrogens with zero attached hydrogens (tertiary/aromatic N) is 1. The molecular weight excluding hydrogens is 173 g/mol. The SMILES string of the molecule is Cc1ccc(CN=C=O)c(O)c1F. The van der Waals surface area contributed by atoms with E-state index in [1.807, 2.05) is 0 Å². The first-order valence-corrected chi connectivity index (χ1v) is 3.67. The van der Waals surface area contributed by atoms with Gasteiger partial charge in [-0.05, 0) is 12.5 Å². The predicted molar refractivity (Wildman–Crippen MR) is 44.6 cm³/mol. The molecule has 0 aromatic heterocycles. The molecule has 0 atom stereocenters. The number of phenolic OH excluding ortho intramolecular Hbond substituents is 1. The van der Waals surface area contributed by atoms with Gasteiger partial charge in [0.05, 0.1) is 6.54 Å². The molecule has 0 unspecified atom stereocenters. The highest BCUT2D eigenvalue weighted by molar-refractivity contribution is 5.40. The number of phenols is 1. The number of hydrogen-bond donors (Lipinski definition) is 1. The lowest BCUT2D eigenvalue weighted by molar-refractivity contribution is 0.424. The third kappa shape index (κ3) is 1.92. The Bertz CT molecular complexity index is 370. The van der Waals surface area contributed by atoms with Crippen LogP contribution in [-0.4, -0.2) is 11.2 Å². The second-order valence-electron chi connectivity index (χ2n) is 2.61. The second-order valence-corrected chi connectivity index (χ2v) is 2.61. The van der Waals surface area contributed by atoms with Crippen LogP contribution < -0.4 is 0 Å². The van der Waals surface area contributed by atoms with Gasteiger partial charge in [0.25, 0.3) is 0 Å². The molecular formula is C9H8FNO2. The Morgan fingerprint density at radius 2 is 2.31 bits per heavy atom. The van der Waals surface area contributed by atoms with Crippen molar-refractivity contribution in [2.75, 3.05) is 0 Å². The maximum Gasteiger partial charge on any atom is 0.235 e. The van der Waals surface area contributed by atoms with Crippen LogP contribution in [0.2, 0.25) is 0 Å². The van der Waals surface area contributed by atoms with Gasteiger partial charge >= 0.3 is 0 Å². The molecule has 1 rings (SSSR count). The summed E-state index contributed by atoms with van der Waals surface area (Å²) in [6.45, 7) is 1.49. The molecule has 68 valence electrons. The number of aliphatic imine (C=N–C) groups is 1. The number of aryl methyl sites for hydroxylation is 1. The largest absolute Gasteiger partial charge is 0.505 e. The third-order valence-corrected chi connectivity index (χ3v) is 1.71. The van der Waals surface area contributed by atoms with Gasteiger partial charge in [0.15, 0.2) is 11.6 Å². The summed E-state index contributed by atoms with van der Waals surface area (Å²) in [4.78, 5) is 13.0. The lowest BCUT2D eigenvalue weighted by atomic mass is 10.1. The molecule has 13 heavy (non-hydrogen) atoms. The highest BCUT2D eigenvalue weighted by Gasteiger charge is 2.08. The quantitative estimate of drug-likeness (QED) is 0.557. The zero-order valence-electron chi connectivity index (χ0n) is 7.04. The van der Waals surface area contributed by atoms with Crippen molar-refractivity contribution in [1.29, 1.82) is 0 Å². The first-order valence-electron chi connectivity index (χ1n) is 3.67. The van der Waals surface area contributed by atoms with Gasteiger partial charge in [-0.15, -0.1) is 0 Å². The molecule has 0 heterocycles. The van der Waals surface area contributed by atoms with Crippen molar-refractivity contribution in [1.82, 2.24) is 0 Å². The summed E-state index contributed by atoms with van der Waals surface area (Å²) in [7, 11) is 0. The standard InChI is InChI=1S/C9H8FNO2/c1-6-2-3-7(4-11-5-12)9(13)8(6)10/h2-3,13H,4H2,1H3. The fraction of sp³-hybridized carbons (Fsp3) is 0.222. The van der Waals surface area contributed by atoms with Crippen molar-refractivity contribution in [3.63, 3.8) is 0 Å². The van der Waals surface area contributed by atoms with Gasteiger partial charge in [0.2, 0.25) is 6.08 Å². The van der Waals surface area contributed by atoms with Crippen LogP contribution in [0.5, 0.6) is 5.75 Å². The summed E-state index contributed by atoms with van der Waals surface area (Å²) in [5.74, 6) is -1.11. The van der Waals surface area contributed by atoms with E-state index in [1.54, 1.807) is 6.92 Å². The summed E-state index contributed by atoms with van der Waals surface area (Å²) in [5.41, 5.74) is 0.641. The lowest BCUT2D eigenvalue weighted by Gasteiger charge is -2.03.